The molecule has 29 heavy (non-hydrogen) atoms. The number of aryl methyl sites for hydroxylation is 1. The third kappa shape index (κ3) is 4.28. The van der Waals surface area contributed by atoms with Crippen molar-refractivity contribution in [2.24, 2.45) is 0 Å². The van der Waals surface area contributed by atoms with E-state index in [1.54, 1.807) is 16.7 Å². The lowest BCUT2D eigenvalue weighted by atomic mass is 10.0. The van der Waals surface area contributed by atoms with Crippen molar-refractivity contribution in [1.82, 2.24) is 15.4 Å². The number of benzene rings is 1. The second-order valence-corrected chi connectivity index (χ2v) is 9.03. The molecule has 2 amide bonds. The summed E-state index contributed by atoms with van der Waals surface area (Å²) in [6.07, 6.45) is 3.83. The second kappa shape index (κ2) is 8.51. The van der Waals surface area contributed by atoms with Crippen molar-refractivity contribution in [3.05, 3.63) is 65.2 Å². The van der Waals surface area contributed by atoms with Gasteiger partial charge in [-0.3, -0.25) is 14.5 Å². The quantitative estimate of drug-likeness (QED) is 0.562. The van der Waals surface area contributed by atoms with E-state index in [9.17, 15) is 9.59 Å². The summed E-state index contributed by atoms with van der Waals surface area (Å²) in [4.78, 5) is 27.7. The van der Waals surface area contributed by atoms with Crippen molar-refractivity contribution in [1.29, 1.82) is 0 Å². The molecule has 0 saturated carbocycles. The standard InChI is InChI=1S/C21H21N3O3S2/c1-13-10-16(27-23-13)9-8-15-11-29-21-19(20(26)24(21)14(15)2)22-18(25)12-28-17-6-4-3-5-7-17/h3-10,19,21H,11-12H2,1-2H3,(H,22,25)/b9-8-. The average molecular weight is 428 g/mol. The minimum absolute atomic E-state index is 0.0437. The summed E-state index contributed by atoms with van der Waals surface area (Å²) < 4.78 is 5.19. The zero-order valence-corrected chi connectivity index (χ0v) is 17.8. The van der Waals surface area contributed by atoms with Crippen LogP contribution in [0.1, 0.15) is 18.4 Å². The average Bonchev–Trinajstić information content (AvgIpc) is 3.15. The Morgan fingerprint density at radius 1 is 1.34 bits per heavy atom. The predicted molar refractivity (Wildman–Crippen MR) is 115 cm³/mol. The lowest BCUT2D eigenvalue weighted by Gasteiger charge is -2.49. The van der Waals surface area contributed by atoms with E-state index < -0.39 is 6.04 Å². The van der Waals surface area contributed by atoms with Gasteiger partial charge in [-0.25, -0.2) is 0 Å². The first kappa shape index (κ1) is 19.8. The normalized spacial score (nSPS) is 21.3. The lowest BCUT2D eigenvalue weighted by Crippen LogP contribution is -2.69. The van der Waals surface area contributed by atoms with Crippen LogP contribution < -0.4 is 5.32 Å². The van der Waals surface area contributed by atoms with E-state index >= 15 is 0 Å². The van der Waals surface area contributed by atoms with E-state index in [-0.39, 0.29) is 17.2 Å². The topological polar surface area (TPSA) is 75.4 Å². The molecule has 0 bridgehead atoms. The van der Waals surface area contributed by atoms with Crippen LogP contribution in [-0.2, 0) is 9.59 Å². The van der Waals surface area contributed by atoms with E-state index in [1.165, 1.54) is 11.8 Å². The minimum atomic E-state index is -0.457. The summed E-state index contributed by atoms with van der Waals surface area (Å²) in [6.45, 7) is 3.82. The Kier molecular flexibility index (Phi) is 5.82. The van der Waals surface area contributed by atoms with E-state index in [4.69, 9.17) is 4.52 Å². The highest BCUT2D eigenvalue weighted by Crippen LogP contribution is 2.40. The SMILES string of the molecule is CC1=C(/C=C\c2cc(C)no2)CSC2C(NC(=O)CSc3ccccc3)C(=O)N12. The number of carbonyl (C=O) groups excluding carboxylic acids is 2. The zero-order valence-electron chi connectivity index (χ0n) is 16.1. The fourth-order valence-electron chi connectivity index (χ4n) is 3.25. The van der Waals surface area contributed by atoms with Crippen LogP contribution in [0.4, 0.5) is 0 Å². The van der Waals surface area contributed by atoms with Crippen LogP contribution in [0, 0.1) is 6.92 Å². The largest absolute Gasteiger partial charge is 0.357 e. The maximum Gasteiger partial charge on any atom is 0.253 e. The number of hydrogen-bond acceptors (Lipinski definition) is 6. The van der Waals surface area contributed by atoms with Gasteiger partial charge in [0, 0.05) is 22.4 Å². The van der Waals surface area contributed by atoms with E-state index in [1.807, 2.05) is 62.4 Å². The van der Waals surface area contributed by atoms with Crippen molar-refractivity contribution in [2.45, 2.75) is 30.2 Å². The van der Waals surface area contributed by atoms with Crippen LogP contribution in [0.2, 0.25) is 0 Å². The predicted octanol–water partition coefficient (Wildman–Crippen LogP) is 3.46. The van der Waals surface area contributed by atoms with Crippen LogP contribution in [0.25, 0.3) is 6.08 Å². The molecule has 2 unspecified atom stereocenters. The number of hydrogen-bond donors (Lipinski definition) is 1. The van der Waals surface area contributed by atoms with Gasteiger partial charge in [0.05, 0.1) is 11.4 Å². The summed E-state index contributed by atoms with van der Waals surface area (Å²) in [7, 11) is 0. The number of aromatic nitrogens is 1. The van der Waals surface area contributed by atoms with Gasteiger partial charge in [0.25, 0.3) is 5.91 Å². The molecule has 6 nitrogen and oxygen atoms in total. The number of allylic oxidation sites excluding steroid dienone is 2. The highest BCUT2D eigenvalue weighted by molar-refractivity contribution is 8.00. The maximum absolute atomic E-state index is 12.6. The van der Waals surface area contributed by atoms with Gasteiger partial charge >= 0.3 is 0 Å². The molecule has 0 aliphatic carbocycles. The molecule has 2 aliphatic heterocycles. The third-order valence-corrected chi connectivity index (χ3v) is 7.12. The zero-order chi connectivity index (χ0) is 20.4. The third-order valence-electron chi connectivity index (χ3n) is 4.80. The summed E-state index contributed by atoms with van der Waals surface area (Å²) in [6, 6.07) is 11.2. The molecule has 4 rings (SSSR count). The van der Waals surface area contributed by atoms with Gasteiger partial charge in [-0.15, -0.1) is 23.5 Å². The van der Waals surface area contributed by atoms with Crippen molar-refractivity contribution < 1.29 is 14.1 Å². The van der Waals surface area contributed by atoms with Crippen LogP contribution in [0.5, 0.6) is 0 Å². The highest BCUT2D eigenvalue weighted by atomic mass is 32.2. The van der Waals surface area contributed by atoms with Crippen molar-refractivity contribution in [2.75, 3.05) is 11.5 Å². The van der Waals surface area contributed by atoms with Crippen molar-refractivity contribution >= 4 is 41.4 Å². The molecule has 1 fully saturated rings. The Labute approximate surface area is 177 Å². The molecule has 1 aromatic carbocycles. The van der Waals surface area contributed by atoms with Gasteiger partial charge < -0.3 is 9.84 Å². The fourth-order valence-corrected chi connectivity index (χ4v) is 5.43. The van der Waals surface area contributed by atoms with Crippen LogP contribution >= 0.6 is 23.5 Å². The monoisotopic (exact) mass is 427 g/mol. The smallest absolute Gasteiger partial charge is 0.253 e. The van der Waals surface area contributed by atoms with E-state index in [0.29, 0.717) is 11.5 Å². The number of fused-ring (bicyclic) bond motifs is 1. The van der Waals surface area contributed by atoms with Gasteiger partial charge in [-0.05, 0) is 37.6 Å². The maximum atomic E-state index is 12.6. The van der Waals surface area contributed by atoms with Gasteiger partial charge in [0.15, 0.2) is 5.76 Å². The highest BCUT2D eigenvalue weighted by Gasteiger charge is 2.51. The van der Waals surface area contributed by atoms with Crippen LogP contribution in [-0.4, -0.2) is 44.8 Å². The first-order valence-corrected chi connectivity index (χ1v) is 11.3. The van der Waals surface area contributed by atoms with E-state index in [0.717, 1.165) is 27.6 Å². The Morgan fingerprint density at radius 2 is 2.14 bits per heavy atom. The van der Waals surface area contributed by atoms with Crippen LogP contribution in [0.15, 0.2) is 63.2 Å². The molecule has 2 aromatic rings. The molecular formula is C21H21N3O3S2. The molecule has 8 heteroatoms. The number of nitrogens with zero attached hydrogens (tertiary/aromatic N) is 2. The van der Waals surface area contributed by atoms with E-state index in [2.05, 4.69) is 10.5 Å². The van der Waals surface area contributed by atoms with Gasteiger partial charge in [-0.1, -0.05) is 29.4 Å². The Bertz CT molecular complexity index is 984. The minimum Gasteiger partial charge on any atom is -0.357 e. The molecule has 0 radical (unpaired) electrons. The van der Waals surface area contributed by atoms with Gasteiger partial charge in [-0.2, -0.15) is 0 Å². The molecule has 1 N–H and O–H groups in total. The molecule has 2 atom stereocenters. The lowest BCUT2D eigenvalue weighted by molar-refractivity contribution is -0.145. The summed E-state index contributed by atoms with van der Waals surface area (Å²) >= 11 is 3.13. The fraction of sp³-hybridized carbons (Fsp3) is 0.286. The number of nitrogens with one attached hydrogen (secondary N) is 1. The van der Waals surface area contributed by atoms with Gasteiger partial charge in [0.1, 0.15) is 11.4 Å². The molecule has 3 heterocycles. The summed E-state index contributed by atoms with van der Waals surface area (Å²) in [5.74, 6) is 1.58. The first-order valence-electron chi connectivity index (χ1n) is 9.26. The number of amides is 2. The van der Waals surface area contributed by atoms with Crippen molar-refractivity contribution in [3.8, 4) is 0 Å². The number of carbonyl (C=O) groups is 2. The molecule has 0 spiro atoms. The number of rotatable bonds is 6. The van der Waals surface area contributed by atoms with Crippen LogP contribution in [0.3, 0.4) is 0 Å². The second-order valence-electron chi connectivity index (χ2n) is 6.87. The molecular weight excluding hydrogens is 406 g/mol. The van der Waals surface area contributed by atoms with Crippen molar-refractivity contribution in [3.63, 3.8) is 0 Å². The Hall–Kier alpha value is -2.45. The van der Waals surface area contributed by atoms with Gasteiger partial charge in [0.2, 0.25) is 5.91 Å². The first-order chi connectivity index (χ1) is 14.0. The summed E-state index contributed by atoms with van der Waals surface area (Å²) in [5.41, 5.74) is 2.82. The molecule has 2 aliphatic rings. The molecule has 1 saturated heterocycles. The molecule has 150 valence electrons. The number of thioether (sulfide) groups is 2. The Morgan fingerprint density at radius 3 is 2.86 bits per heavy atom. The summed E-state index contributed by atoms with van der Waals surface area (Å²) in [5, 5.41) is 6.72. The number of β-lactam (4-membered cyclic amide) rings is 1. The Balaban J connectivity index is 1.35. The molecule has 1 aromatic heterocycles.